The molecule has 0 aliphatic heterocycles. The van der Waals surface area contributed by atoms with E-state index in [9.17, 15) is 4.79 Å². The highest BCUT2D eigenvalue weighted by atomic mass is 16.5. The molecule has 0 saturated heterocycles. The molecule has 0 amide bonds. The third-order valence-corrected chi connectivity index (χ3v) is 4.53. The van der Waals surface area contributed by atoms with Crippen LogP contribution in [0.5, 0.6) is 0 Å². The second kappa shape index (κ2) is 6.23. The summed E-state index contributed by atoms with van der Waals surface area (Å²) in [5.74, 6) is 0.0638. The van der Waals surface area contributed by atoms with Gasteiger partial charge in [0.2, 0.25) is 0 Å². The number of Topliss-reactive ketones (excluding diaryl/α,β-unsaturated/α-hetero) is 1. The fraction of sp³-hybridized carbons (Fsp3) is 0.500. The molecule has 0 radical (unpaired) electrons. The first-order chi connectivity index (χ1) is 10.5. The maximum atomic E-state index is 11.0. The fourth-order valence-electron chi connectivity index (χ4n) is 3.29. The Hall–Kier alpha value is -1.65. The Morgan fingerprint density at radius 1 is 1.41 bits per heavy atom. The summed E-state index contributed by atoms with van der Waals surface area (Å²) in [5.41, 5.74) is 5.17. The number of hydrogen-bond donors (Lipinski definition) is 1. The van der Waals surface area contributed by atoms with Gasteiger partial charge in [-0.2, -0.15) is 0 Å². The Kier molecular flexibility index (Phi) is 4.32. The molecule has 0 saturated carbocycles. The van der Waals surface area contributed by atoms with Crippen molar-refractivity contribution < 1.29 is 9.53 Å². The van der Waals surface area contributed by atoms with Gasteiger partial charge in [0, 0.05) is 22.6 Å². The minimum absolute atomic E-state index is 0.0638. The van der Waals surface area contributed by atoms with Gasteiger partial charge in [-0.15, -0.1) is 0 Å². The summed E-state index contributed by atoms with van der Waals surface area (Å²) in [6.45, 7) is 2.23. The van der Waals surface area contributed by atoms with E-state index >= 15 is 0 Å². The van der Waals surface area contributed by atoms with Gasteiger partial charge in [-0.1, -0.05) is 6.07 Å². The maximum Gasteiger partial charge on any atom is 0.155 e. The minimum atomic E-state index is 0.0638. The molecule has 0 bridgehead atoms. The van der Waals surface area contributed by atoms with Gasteiger partial charge in [0.05, 0.1) is 6.61 Å². The van der Waals surface area contributed by atoms with Crippen molar-refractivity contribution in [3.63, 3.8) is 0 Å². The molecule has 2 aromatic rings. The zero-order valence-corrected chi connectivity index (χ0v) is 13.6. The van der Waals surface area contributed by atoms with Gasteiger partial charge in [0.1, 0.15) is 6.61 Å². The first kappa shape index (κ1) is 15.3. The van der Waals surface area contributed by atoms with E-state index in [0.29, 0.717) is 12.6 Å². The molecule has 0 fully saturated rings. The molecule has 4 nitrogen and oxygen atoms in total. The largest absolute Gasteiger partial charge is 0.369 e. The number of ketones is 1. The Balaban J connectivity index is 1.85. The second-order valence-corrected chi connectivity index (χ2v) is 6.52. The molecule has 1 aromatic carbocycles. The van der Waals surface area contributed by atoms with Crippen LogP contribution in [0.15, 0.2) is 18.2 Å². The molecule has 1 aliphatic carbocycles. The summed E-state index contributed by atoms with van der Waals surface area (Å²) < 4.78 is 5.44. The molecular weight excluding hydrogens is 276 g/mol. The number of rotatable bonds is 5. The van der Waals surface area contributed by atoms with E-state index in [1.807, 2.05) is 0 Å². The van der Waals surface area contributed by atoms with Gasteiger partial charge in [-0.25, -0.2) is 0 Å². The summed E-state index contributed by atoms with van der Waals surface area (Å²) >= 11 is 0. The first-order valence-electron chi connectivity index (χ1n) is 7.90. The van der Waals surface area contributed by atoms with Gasteiger partial charge in [0.25, 0.3) is 0 Å². The van der Waals surface area contributed by atoms with Crippen LogP contribution in [0.3, 0.4) is 0 Å². The van der Waals surface area contributed by atoms with E-state index in [1.165, 1.54) is 28.6 Å². The number of H-pyrrole nitrogens is 1. The lowest BCUT2D eigenvalue weighted by molar-refractivity contribution is -0.121. The number of benzene rings is 1. The molecule has 22 heavy (non-hydrogen) atoms. The number of nitrogens with one attached hydrogen (secondary N) is 1. The lowest BCUT2D eigenvalue weighted by Gasteiger charge is -2.28. The Morgan fingerprint density at radius 2 is 2.23 bits per heavy atom. The van der Waals surface area contributed by atoms with Crippen LogP contribution < -0.4 is 0 Å². The first-order valence-corrected chi connectivity index (χ1v) is 7.90. The zero-order chi connectivity index (χ0) is 15.7. The van der Waals surface area contributed by atoms with Crippen LogP contribution in [0.1, 0.15) is 30.2 Å². The normalized spacial score (nSPS) is 17.9. The molecule has 1 heterocycles. The molecule has 1 aliphatic rings. The number of ether oxygens (including phenoxy) is 1. The average molecular weight is 300 g/mol. The molecule has 1 aromatic heterocycles. The quantitative estimate of drug-likeness (QED) is 0.923. The van der Waals surface area contributed by atoms with Crippen molar-refractivity contribution >= 4 is 16.7 Å². The SMILES string of the molecule is CC(=O)COCc1ccc2[nH]c3c(c2c1)CC(N(C)C)CC3. The molecule has 1 unspecified atom stereocenters. The van der Waals surface area contributed by atoms with Crippen molar-refractivity contribution in [1.29, 1.82) is 0 Å². The third kappa shape index (κ3) is 3.08. The molecule has 3 rings (SSSR count). The third-order valence-electron chi connectivity index (χ3n) is 4.53. The number of fused-ring (bicyclic) bond motifs is 3. The maximum absolute atomic E-state index is 11.0. The van der Waals surface area contributed by atoms with Gasteiger partial charge in [0.15, 0.2) is 5.78 Å². The summed E-state index contributed by atoms with van der Waals surface area (Å²) in [6.07, 6.45) is 3.42. The molecule has 4 heteroatoms. The summed E-state index contributed by atoms with van der Waals surface area (Å²) in [4.78, 5) is 16.8. The van der Waals surface area contributed by atoms with E-state index in [0.717, 1.165) is 18.4 Å². The van der Waals surface area contributed by atoms with Crippen molar-refractivity contribution in [1.82, 2.24) is 9.88 Å². The van der Waals surface area contributed by atoms with E-state index in [4.69, 9.17) is 4.74 Å². The second-order valence-electron chi connectivity index (χ2n) is 6.52. The number of carbonyl (C=O) groups excluding carboxylic acids is 1. The highest BCUT2D eigenvalue weighted by Crippen LogP contribution is 2.31. The Labute approximate surface area is 131 Å². The molecule has 118 valence electrons. The van der Waals surface area contributed by atoms with Gasteiger partial charge in [-0.05, 0) is 63.5 Å². The molecule has 0 spiro atoms. The van der Waals surface area contributed by atoms with Crippen LogP contribution in [-0.2, 0) is 29.0 Å². The predicted molar refractivity (Wildman–Crippen MR) is 88.1 cm³/mol. The Morgan fingerprint density at radius 3 is 2.95 bits per heavy atom. The Bertz CT molecular complexity index is 688. The van der Waals surface area contributed by atoms with Crippen molar-refractivity contribution in [2.45, 2.75) is 38.8 Å². The lowest BCUT2D eigenvalue weighted by Crippen LogP contribution is -2.33. The topological polar surface area (TPSA) is 45.3 Å². The number of aromatic amines is 1. The molecule has 1 atom stereocenters. The summed E-state index contributed by atoms with van der Waals surface area (Å²) in [7, 11) is 4.32. The van der Waals surface area contributed by atoms with Gasteiger partial charge in [-0.3, -0.25) is 4.79 Å². The van der Waals surface area contributed by atoms with Crippen molar-refractivity contribution in [3.8, 4) is 0 Å². The summed E-state index contributed by atoms with van der Waals surface area (Å²) in [5, 5.41) is 1.31. The number of carbonyl (C=O) groups is 1. The van der Waals surface area contributed by atoms with Gasteiger partial charge >= 0.3 is 0 Å². The van der Waals surface area contributed by atoms with Crippen molar-refractivity contribution in [3.05, 3.63) is 35.0 Å². The predicted octanol–water partition coefficient (Wildman–Crippen LogP) is 2.69. The van der Waals surface area contributed by atoms with Crippen LogP contribution >= 0.6 is 0 Å². The number of aryl methyl sites for hydroxylation is 1. The molecule has 1 N–H and O–H groups in total. The smallest absolute Gasteiger partial charge is 0.155 e. The van der Waals surface area contributed by atoms with Crippen molar-refractivity contribution in [2.24, 2.45) is 0 Å². The zero-order valence-electron chi connectivity index (χ0n) is 13.6. The van der Waals surface area contributed by atoms with Gasteiger partial charge < -0.3 is 14.6 Å². The number of hydrogen-bond acceptors (Lipinski definition) is 3. The van der Waals surface area contributed by atoms with Crippen LogP contribution in [0.4, 0.5) is 0 Å². The highest BCUT2D eigenvalue weighted by molar-refractivity contribution is 5.85. The van der Waals surface area contributed by atoms with E-state index < -0.39 is 0 Å². The fourth-order valence-corrected chi connectivity index (χ4v) is 3.29. The van der Waals surface area contributed by atoms with Crippen LogP contribution in [0.2, 0.25) is 0 Å². The van der Waals surface area contributed by atoms with E-state index in [1.54, 1.807) is 6.92 Å². The minimum Gasteiger partial charge on any atom is -0.369 e. The van der Waals surface area contributed by atoms with E-state index in [2.05, 4.69) is 42.2 Å². The van der Waals surface area contributed by atoms with Crippen molar-refractivity contribution in [2.75, 3.05) is 20.7 Å². The summed E-state index contributed by atoms with van der Waals surface area (Å²) in [6, 6.07) is 7.03. The molecular formula is C18H24N2O2. The van der Waals surface area contributed by atoms with Crippen LogP contribution in [0.25, 0.3) is 10.9 Å². The lowest BCUT2D eigenvalue weighted by atomic mass is 9.90. The number of nitrogens with zero attached hydrogens (tertiary/aromatic N) is 1. The number of aromatic nitrogens is 1. The monoisotopic (exact) mass is 300 g/mol. The van der Waals surface area contributed by atoms with E-state index in [-0.39, 0.29) is 12.4 Å². The standard InChI is InChI=1S/C18H24N2O2/c1-12(21)10-22-11-13-4-6-17-15(8-13)16-9-14(20(2)3)5-7-18(16)19-17/h4,6,8,14,19H,5,7,9-11H2,1-3H3. The average Bonchev–Trinajstić information content (AvgIpc) is 2.84. The van der Waals surface area contributed by atoms with Crippen LogP contribution in [-0.4, -0.2) is 42.4 Å². The van der Waals surface area contributed by atoms with Crippen LogP contribution in [0, 0.1) is 0 Å². The highest BCUT2D eigenvalue weighted by Gasteiger charge is 2.23. The number of likely N-dealkylation sites (N-methyl/N-ethyl adjacent to an activating group) is 1.